The van der Waals surface area contributed by atoms with Gasteiger partial charge in [-0.05, 0) is 11.6 Å². The number of alkyl halides is 3. The number of nitrogens with one attached hydrogen (secondary N) is 1. The standard InChI is InChI=1S/C17H17F3N2O3/c1-24-14(12-5-3-2-4-6-12)10-22-16(23)13-7-8-15(21-9-13)25-11-17(18,19)20/h2-9,14H,10-11H2,1H3,(H,22,23). The molecule has 0 aliphatic rings. The van der Waals surface area contributed by atoms with Crippen LogP contribution in [0.25, 0.3) is 0 Å². The Morgan fingerprint density at radius 3 is 2.48 bits per heavy atom. The quantitative estimate of drug-likeness (QED) is 0.830. The topological polar surface area (TPSA) is 60.5 Å². The van der Waals surface area contributed by atoms with Crippen molar-refractivity contribution in [3.05, 3.63) is 59.8 Å². The van der Waals surface area contributed by atoms with E-state index in [1.807, 2.05) is 30.3 Å². The number of carbonyl (C=O) groups excluding carboxylic acids is 1. The van der Waals surface area contributed by atoms with Gasteiger partial charge in [-0.2, -0.15) is 13.2 Å². The van der Waals surface area contributed by atoms with Crippen molar-refractivity contribution in [2.24, 2.45) is 0 Å². The van der Waals surface area contributed by atoms with Gasteiger partial charge < -0.3 is 14.8 Å². The molecular weight excluding hydrogens is 337 g/mol. The first-order valence-corrected chi connectivity index (χ1v) is 7.40. The Bertz CT molecular complexity index is 676. The molecule has 1 atom stereocenters. The molecule has 25 heavy (non-hydrogen) atoms. The minimum absolute atomic E-state index is 0.201. The Morgan fingerprint density at radius 1 is 1.20 bits per heavy atom. The van der Waals surface area contributed by atoms with Gasteiger partial charge in [0.1, 0.15) is 0 Å². The average Bonchev–Trinajstić information content (AvgIpc) is 2.61. The molecule has 0 fully saturated rings. The molecule has 0 radical (unpaired) electrons. The van der Waals surface area contributed by atoms with E-state index in [1.54, 1.807) is 0 Å². The van der Waals surface area contributed by atoms with E-state index in [0.717, 1.165) is 11.8 Å². The van der Waals surface area contributed by atoms with Crippen LogP contribution in [0.15, 0.2) is 48.7 Å². The monoisotopic (exact) mass is 354 g/mol. The smallest absolute Gasteiger partial charge is 0.422 e. The number of ether oxygens (including phenoxy) is 2. The summed E-state index contributed by atoms with van der Waals surface area (Å²) >= 11 is 0. The first-order valence-electron chi connectivity index (χ1n) is 7.40. The number of hydrogen-bond donors (Lipinski definition) is 1. The van der Waals surface area contributed by atoms with Crippen LogP contribution < -0.4 is 10.1 Å². The largest absolute Gasteiger partial charge is 0.468 e. The zero-order chi connectivity index (χ0) is 18.3. The Hall–Kier alpha value is -2.61. The van der Waals surface area contributed by atoms with Crippen LogP contribution in [0, 0.1) is 0 Å². The summed E-state index contributed by atoms with van der Waals surface area (Å²) in [5.74, 6) is -0.610. The fourth-order valence-corrected chi connectivity index (χ4v) is 2.05. The van der Waals surface area contributed by atoms with Crippen LogP contribution in [0.4, 0.5) is 13.2 Å². The molecule has 0 bridgehead atoms. The van der Waals surface area contributed by atoms with E-state index in [9.17, 15) is 18.0 Å². The number of hydrogen-bond acceptors (Lipinski definition) is 4. The zero-order valence-electron chi connectivity index (χ0n) is 13.4. The maximum absolute atomic E-state index is 12.1. The number of benzene rings is 1. The average molecular weight is 354 g/mol. The summed E-state index contributed by atoms with van der Waals surface area (Å²) in [6.45, 7) is -1.19. The van der Waals surface area contributed by atoms with Crippen LogP contribution in [0.2, 0.25) is 0 Å². The van der Waals surface area contributed by atoms with E-state index in [-0.39, 0.29) is 24.1 Å². The van der Waals surface area contributed by atoms with Crippen LogP contribution >= 0.6 is 0 Å². The second-order valence-corrected chi connectivity index (χ2v) is 5.13. The fraction of sp³-hybridized carbons (Fsp3) is 0.294. The lowest BCUT2D eigenvalue weighted by molar-refractivity contribution is -0.154. The highest BCUT2D eigenvalue weighted by atomic mass is 19.4. The van der Waals surface area contributed by atoms with Crippen molar-refractivity contribution in [2.45, 2.75) is 12.3 Å². The number of amides is 1. The van der Waals surface area contributed by atoms with E-state index in [0.29, 0.717) is 0 Å². The Kier molecular flexibility index (Phi) is 6.35. The number of nitrogens with zero attached hydrogens (tertiary/aromatic N) is 1. The molecule has 2 rings (SSSR count). The molecule has 1 aromatic heterocycles. The second-order valence-electron chi connectivity index (χ2n) is 5.13. The number of carbonyl (C=O) groups is 1. The normalized spacial score (nSPS) is 12.5. The molecule has 1 unspecified atom stereocenters. The maximum Gasteiger partial charge on any atom is 0.422 e. The minimum Gasteiger partial charge on any atom is -0.468 e. The lowest BCUT2D eigenvalue weighted by atomic mass is 10.1. The number of rotatable bonds is 7. The summed E-state index contributed by atoms with van der Waals surface area (Å²) in [5.41, 5.74) is 1.13. The molecule has 8 heteroatoms. The van der Waals surface area contributed by atoms with Crippen molar-refractivity contribution in [3.8, 4) is 5.88 Å². The number of aromatic nitrogens is 1. The lowest BCUT2D eigenvalue weighted by Crippen LogP contribution is -2.29. The number of pyridine rings is 1. The van der Waals surface area contributed by atoms with Crippen LogP contribution in [-0.4, -0.2) is 37.3 Å². The van der Waals surface area contributed by atoms with Gasteiger partial charge in [-0.1, -0.05) is 30.3 Å². The molecule has 1 N–H and O–H groups in total. The molecule has 2 aromatic rings. The summed E-state index contributed by atoms with van der Waals surface area (Å²) in [5, 5.41) is 2.70. The maximum atomic E-state index is 12.1. The van der Waals surface area contributed by atoms with Gasteiger partial charge in [0.15, 0.2) is 6.61 Å². The zero-order valence-corrected chi connectivity index (χ0v) is 13.4. The highest BCUT2D eigenvalue weighted by molar-refractivity contribution is 5.93. The summed E-state index contributed by atoms with van der Waals surface area (Å²) in [4.78, 5) is 15.8. The molecule has 0 aliphatic carbocycles. The van der Waals surface area contributed by atoms with E-state index in [1.165, 1.54) is 19.2 Å². The first kappa shape index (κ1) is 18.7. The Labute approximate surface area is 142 Å². The molecule has 1 amide bonds. The van der Waals surface area contributed by atoms with Gasteiger partial charge in [-0.15, -0.1) is 0 Å². The third kappa shape index (κ3) is 6.07. The summed E-state index contributed by atoms with van der Waals surface area (Å²) < 4.78 is 46.0. The minimum atomic E-state index is -4.44. The van der Waals surface area contributed by atoms with Crippen LogP contribution in [-0.2, 0) is 4.74 Å². The van der Waals surface area contributed by atoms with Crippen molar-refractivity contribution < 1.29 is 27.4 Å². The van der Waals surface area contributed by atoms with Crippen LogP contribution in [0.1, 0.15) is 22.0 Å². The Balaban J connectivity index is 1.90. The van der Waals surface area contributed by atoms with E-state index < -0.39 is 18.7 Å². The number of halogens is 3. The summed E-state index contributed by atoms with van der Waals surface area (Å²) in [7, 11) is 1.54. The predicted molar refractivity (Wildman–Crippen MR) is 84.3 cm³/mol. The molecular formula is C17H17F3N2O3. The van der Waals surface area contributed by atoms with Gasteiger partial charge in [0.2, 0.25) is 5.88 Å². The molecule has 0 spiro atoms. The Morgan fingerprint density at radius 2 is 1.92 bits per heavy atom. The van der Waals surface area contributed by atoms with E-state index >= 15 is 0 Å². The molecule has 1 heterocycles. The molecule has 134 valence electrons. The molecule has 5 nitrogen and oxygen atoms in total. The van der Waals surface area contributed by atoms with Crippen molar-refractivity contribution in [3.63, 3.8) is 0 Å². The van der Waals surface area contributed by atoms with Gasteiger partial charge in [0.05, 0.1) is 11.7 Å². The van der Waals surface area contributed by atoms with Gasteiger partial charge in [-0.3, -0.25) is 4.79 Å². The first-order chi connectivity index (χ1) is 11.9. The third-order valence-corrected chi connectivity index (χ3v) is 3.29. The van der Waals surface area contributed by atoms with Crippen molar-refractivity contribution in [1.82, 2.24) is 10.3 Å². The van der Waals surface area contributed by atoms with Crippen LogP contribution in [0.3, 0.4) is 0 Å². The predicted octanol–water partition coefficient (Wildman–Crippen LogP) is 3.14. The van der Waals surface area contributed by atoms with E-state index in [2.05, 4.69) is 15.0 Å². The second kappa shape index (κ2) is 8.48. The molecule has 1 aromatic carbocycles. The molecule has 0 saturated heterocycles. The van der Waals surface area contributed by atoms with Crippen molar-refractivity contribution >= 4 is 5.91 Å². The van der Waals surface area contributed by atoms with Gasteiger partial charge >= 0.3 is 6.18 Å². The fourth-order valence-electron chi connectivity index (χ4n) is 2.05. The van der Waals surface area contributed by atoms with Gasteiger partial charge in [0, 0.05) is 25.9 Å². The summed E-state index contributed by atoms with van der Waals surface area (Å²) in [6, 6.07) is 11.9. The summed E-state index contributed by atoms with van der Waals surface area (Å²) in [6.07, 6.45) is -3.59. The van der Waals surface area contributed by atoms with Gasteiger partial charge in [-0.25, -0.2) is 4.98 Å². The molecule has 0 aliphatic heterocycles. The number of methoxy groups -OCH3 is 1. The van der Waals surface area contributed by atoms with Crippen LogP contribution in [0.5, 0.6) is 5.88 Å². The molecule has 0 saturated carbocycles. The van der Waals surface area contributed by atoms with E-state index in [4.69, 9.17) is 4.74 Å². The van der Waals surface area contributed by atoms with Crippen molar-refractivity contribution in [1.29, 1.82) is 0 Å². The highest BCUT2D eigenvalue weighted by Crippen LogP contribution is 2.17. The highest BCUT2D eigenvalue weighted by Gasteiger charge is 2.28. The lowest BCUT2D eigenvalue weighted by Gasteiger charge is -2.16. The van der Waals surface area contributed by atoms with Gasteiger partial charge in [0.25, 0.3) is 5.91 Å². The third-order valence-electron chi connectivity index (χ3n) is 3.29. The van der Waals surface area contributed by atoms with Crippen molar-refractivity contribution in [2.75, 3.05) is 20.3 Å². The SMILES string of the molecule is COC(CNC(=O)c1ccc(OCC(F)(F)F)nc1)c1ccccc1.